The smallest absolute Gasteiger partial charge is 0.323 e. The molecule has 1 aromatic carbocycles. The fourth-order valence-corrected chi connectivity index (χ4v) is 2.87. The quantitative estimate of drug-likeness (QED) is 0.906. The van der Waals surface area contributed by atoms with Crippen molar-refractivity contribution in [3.05, 3.63) is 34.9 Å². The van der Waals surface area contributed by atoms with E-state index in [4.69, 9.17) is 5.11 Å². The van der Waals surface area contributed by atoms with Crippen LogP contribution in [0.3, 0.4) is 0 Å². The lowest BCUT2D eigenvalue weighted by Gasteiger charge is -2.24. The molecule has 0 bridgehead atoms. The Bertz CT molecular complexity index is 537. The van der Waals surface area contributed by atoms with Crippen LogP contribution in [0.15, 0.2) is 18.2 Å². The van der Waals surface area contributed by atoms with Gasteiger partial charge in [-0.2, -0.15) is 0 Å². The minimum atomic E-state index is -0.970. The summed E-state index contributed by atoms with van der Waals surface area (Å²) >= 11 is 0. The van der Waals surface area contributed by atoms with Crippen LogP contribution in [-0.4, -0.2) is 35.0 Å². The van der Waals surface area contributed by atoms with Gasteiger partial charge in [-0.15, -0.1) is 0 Å². The van der Waals surface area contributed by atoms with E-state index in [0.29, 0.717) is 12.1 Å². The number of aliphatic carboxylic acids is 1. The van der Waals surface area contributed by atoms with Crippen molar-refractivity contribution in [3.63, 3.8) is 0 Å². The molecule has 4 heteroatoms. The highest BCUT2D eigenvalue weighted by molar-refractivity contribution is 5.96. The summed E-state index contributed by atoms with van der Waals surface area (Å²) in [6, 6.07) is 5.81. The van der Waals surface area contributed by atoms with Gasteiger partial charge in [-0.25, -0.2) is 0 Å². The van der Waals surface area contributed by atoms with E-state index < -0.39 is 5.97 Å². The molecule has 0 unspecified atom stereocenters. The SMILES string of the molecule is CC(C)CN(CC(=O)O)C(=O)c1ccc2c(c1)CCCC2. The number of carboxylic acids is 1. The van der Waals surface area contributed by atoms with E-state index in [1.165, 1.54) is 22.4 Å². The average molecular weight is 289 g/mol. The summed E-state index contributed by atoms with van der Waals surface area (Å²) in [5, 5.41) is 8.99. The van der Waals surface area contributed by atoms with Crippen molar-refractivity contribution < 1.29 is 14.7 Å². The molecule has 1 aliphatic carbocycles. The second-order valence-electron chi connectivity index (χ2n) is 6.16. The van der Waals surface area contributed by atoms with Crippen LogP contribution in [0.5, 0.6) is 0 Å². The summed E-state index contributed by atoms with van der Waals surface area (Å²) in [4.78, 5) is 25.0. The van der Waals surface area contributed by atoms with Crippen molar-refractivity contribution in [1.29, 1.82) is 0 Å². The fraction of sp³-hybridized carbons (Fsp3) is 0.529. The maximum absolute atomic E-state index is 12.6. The number of benzene rings is 1. The Morgan fingerprint density at radius 3 is 2.48 bits per heavy atom. The van der Waals surface area contributed by atoms with E-state index in [9.17, 15) is 9.59 Å². The van der Waals surface area contributed by atoms with Gasteiger partial charge in [-0.3, -0.25) is 9.59 Å². The van der Waals surface area contributed by atoms with Crippen molar-refractivity contribution in [2.45, 2.75) is 39.5 Å². The van der Waals surface area contributed by atoms with Crippen LogP contribution < -0.4 is 0 Å². The molecule has 0 heterocycles. The summed E-state index contributed by atoms with van der Waals surface area (Å²) in [6.45, 7) is 4.18. The number of nitrogens with zero attached hydrogens (tertiary/aromatic N) is 1. The number of hydrogen-bond acceptors (Lipinski definition) is 2. The molecular weight excluding hydrogens is 266 g/mol. The zero-order valence-corrected chi connectivity index (χ0v) is 12.8. The molecule has 114 valence electrons. The first-order valence-corrected chi connectivity index (χ1v) is 7.60. The van der Waals surface area contributed by atoms with Gasteiger partial charge >= 0.3 is 5.97 Å². The predicted molar refractivity (Wildman–Crippen MR) is 81.5 cm³/mol. The topological polar surface area (TPSA) is 57.6 Å². The zero-order valence-electron chi connectivity index (χ0n) is 12.8. The van der Waals surface area contributed by atoms with Crippen molar-refractivity contribution in [2.24, 2.45) is 5.92 Å². The van der Waals surface area contributed by atoms with E-state index in [0.717, 1.165) is 19.3 Å². The molecule has 2 rings (SSSR count). The molecule has 1 aromatic rings. The van der Waals surface area contributed by atoms with Crippen LogP contribution in [0.4, 0.5) is 0 Å². The molecule has 0 aliphatic heterocycles. The zero-order chi connectivity index (χ0) is 15.4. The standard InChI is InChI=1S/C17H23NO3/c1-12(2)10-18(11-16(19)20)17(21)15-8-7-13-5-3-4-6-14(13)9-15/h7-9,12H,3-6,10-11H2,1-2H3,(H,19,20). The van der Waals surface area contributed by atoms with E-state index in [1.807, 2.05) is 32.0 Å². The van der Waals surface area contributed by atoms with Gasteiger partial charge in [0.25, 0.3) is 5.91 Å². The predicted octanol–water partition coefficient (Wildman–Crippen LogP) is 2.75. The van der Waals surface area contributed by atoms with Crippen LogP contribution in [-0.2, 0) is 17.6 Å². The maximum Gasteiger partial charge on any atom is 0.323 e. The number of rotatable bonds is 5. The minimum absolute atomic E-state index is 0.181. The van der Waals surface area contributed by atoms with Gasteiger partial charge in [0.1, 0.15) is 6.54 Å². The van der Waals surface area contributed by atoms with Gasteiger partial charge in [-0.1, -0.05) is 19.9 Å². The summed E-state index contributed by atoms with van der Waals surface area (Å²) in [5.41, 5.74) is 3.18. The molecule has 0 atom stereocenters. The highest BCUT2D eigenvalue weighted by Crippen LogP contribution is 2.23. The van der Waals surface area contributed by atoms with Gasteiger partial charge in [0.15, 0.2) is 0 Å². The number of hydrogen-bond donors (Lipinski definition) is 1. The lowest BCUT2D eigenvalue weighted by Crippen LogP contribution is -2.38. The summed E-state index contributed by atoms with van der Waals surface area (Å²) in [5.74, 6) is -0.910. The molecule has 0 saturated carbocycles. The highest BCUT2D eigenvalue weighted by atomic mass is 16.4. The number of fused-ring (bicyclic) bond motifs is 1. The fourth-order valence-electron chi connectivity index (χ4n) is 2.87. The first kappa shape index (κ1) is 15.5. The highest BCUT2D eigenvalue weighted by Gasteiger charge is 2.21. The number of carboxylic acid groups (broad SMARTS) is 1. The van der Waals surface area contributed by atoms with E-state index >= 15 is 0 Å². The van der Waals surface area contributed by atoms with Gasteiger partial charge in [-0.05, 0) is 54.9 Å². The maximum atomic E-state index is 12.6. The van der Waals surface area contributed by atoms with E-state index in [-0.39, 0.29) is 18.4 Å². The van der Waals surface area contributed by atoms with E-state index in [1.54, 1.807) is 0 Å². The molecule has 0 saturated heterocycles. The van der Waals surface area contributed by atoms with Crippen molar-refractivity contribution in [2.75, 3.05) is 13.1 Å². The number of carbonyl (C=O) groups is 2. The summed E-state index contributed by atoms with van der Waals surface area (Å²) < 4.78 is 0. The molecule has 1 aliphatic rings. The third kappa shape index (κ3) is 4.06. The summed E-state index contributed by atoms with van der Waals surface area (Å²) in [7, 11) is 0. The Morgan fingerprint density at radius 1 is 1.19 bits per heavy atom. The lowest BCUT2D eigenvalue weighted by molar-refractivity contribution is -0.137. The van der Waals surface area contributed by atoms with Crippen LogP contribution in [0, 0.1) is 5.92 Å². The first-order chi connectivity index (χ1) is 9.97. The Morgan fingerprint density at radius 2 is 1.86 bits per heavy atom. The number of amides is 1. The Labute approximate surface area is 125 Å². The van der Waals surface area contributed by atoms with Crippen molar-refractivity contribution >= 4 is 11.9 Å². The summed E-state index contributed by atoms with van der Waals surface area (Å²) in [6.07, 6.45) is 4.46. The normalized spacial score (nSPS) is 13.9. The van der Waals surface area contributed by atoms with Gasteiger partial charge in [0.05, 0.1) is 0 Å². The van der Waals surface area contributed by atoms with Crippen LogP contribution in [0.1, 0.15) is 48.2 Å². The first-order valence-electron chi connectivity index (χ1n) is 7.60. The third-order valence-corrected chi connectivity index (χ3v) is 3.79. The molecule has 0 aromatic heterocycles. The monoisotopic (exact) mass is 289 g/mol. The van der Waals surface area contributed by atoms with E-state index in [2.05, 4.69) is 0 Å². The van der Waals surface area contributed by atoms with Crippen LogP contribution in [0.25, 0.3) is 0 Å². The van der Waals surface area contributed by atoms with Gasteiger partial charge in [0.2, 0.25) is 0 Å². The number of aryl methyl sites for hydroxylation is 2. The second-order valence-corrected chi connectivity index (χ2v) is 6.16. The molecule has 0 radical (unpaired) electrons. The molecule has 4 nitrogen and oxygen atoms in total. The van der Waals surface area contributed by atoms with Crippen molar-refractivity contribution in [1.82, 2.24) is 4.90 Å². The molecular formula is C17H23NO3. The van der Waals surface area contributed by atoms with Gasteiger partial charge in [0, 0.05) is 12.1 Å². The second kappa shape index (κ2) is 6.74. The minimum Gasteiger partial charge on any atom is -0.480 e. The lowest BCUT2D eigenvalue weighted by atomic mass is 9.90. The Balaban J connectivity index is 2.21. The number of carbonyl (C=O) groups excluding carboxylic acids is 1. The molecule has 21 heavy (non-hydrogen) atoms. The third-order valence-electron chi connectivity index (χ3n) is 3.79. The molecule has 0 spiro atoms. The molecule has 1 amide bonds. The molecule has 0 fully saturated rings. The van der Waals surface area contributed by atoms with Crippen LogP contribution in [0.2, 0.25) is 0 Å². The largest absolute Gasteiger partial charge is 0.480 e. The van der Waals surface area contributed by atoms with Crippen molar-refractivity contribution in [3.8, 4) is 0 Å². The Kier molecular flexibility index (Phi) is 4.99. The molecule has 1 N–H and O–H groups in total. The average Bonchev–Trinajstić information content (AvgIpc) is 2.44. The van der Waals surface area contributed by atoms with Crippen LogP contribution >= 0.6 is 0 Å². The Hall–Kier alpha value is -1.84. The van der Waals surface area contributed by atoms with Gasteiger partial charge < -0.3 is 10.0 Å².